The Labute approximate surface area is 134 Å². The molecule has 2 N–H and O–H groups in total. The molecule has 5 nitrogen and oxygen atoms in total. The molecular weight excluding hydrogens is 278 g/mol. The van der Waals surface area contributed by atoms with Gasteiger partial charge < -0.3 is 10.4 Å². The zero-order valence-electron chi connectivity index (χ0n) is 14.6. The van der Waals surface area contributed by atoms with Gasteiger partial charge in [-0.05, 0) is 24.7 Å². The Morgan fingerprint density at radius 3 is 2.55 bits per heavy atom. The summed E-state index contributed by atoms with van der Waals surface area (Å²) in [5.41, 5.74) is -0.412. The van der Waals surface area contributed by atoms with Crippen molar-refractivity contribution in [1.29, 1.82) is 5.26 Å². The summed E-state index contributed by atoms with van der Waals surface area (Å²) in [7, 11) is 0. The molecule has 0 aromatic carbocycles. The van der Waals surface area contributed by atoms with Gasteiger partial charge in [0.25, 0.3) is 0 Å². The summed E-state index contributed by atoms with van der Waals surface area (Å²) in [5.74, 6) is 0.582. The van der Waals surface area contributed by atoms with Crippen LogP contribution < -0.4 is 5.32 Å². The van der Waals surface area contributed by atoms with E-state index in [1.54, 1.807) is 0 Å². The van der Waals surface area contributed by atoms with E-state index in [0.29, 0.717) is 19.0 Å². The Morgan fingerprint density at radius 2 is 2.05 bits per heavy atom. The quantitative estimate of drug-likeness (QED) is 0.759. The molecule has 0 spiro atoms. The van der Waals surface area contributed by atoms with Crippen LogP contribution >= 0.6 is 0 Å². The minimum atomic E-state index is -0.412. The lowest BCUT2D eigenvalue weighted by molar-refractivity contribution is -0.129. The summed E-state index contributed by atoms with van der Waals surface area (Å²) in [6.45, 7) is 11.6. The number of amides is 1. The SMILES string of the molecule is CC(C)C(O)CC1CC(NC(=O)C(C)(C)C)CN(CC#N)C1. The van der Waals surface area contributed by atoms with Gasteiger partial charge >= 0.3 is 0 Å². The maximum atomic E-state index is 12.2. The van der Waals surface area contributed by atoms with Crippen LogP contribution in [0.1, 0.15) is 47.5 Å². The first-order valence-corrected chi connectivity index (χ1v) is 8.21. The van der Waals surface area contributed by atoms with Crippen molar-refractivity contribution >= 4 is 5.91 Å². The lowest BCUT2D eigenvalue weighted by Crippen LogP contribution is -2.53. The number of rotatable bonds is 5. The van der Waals surface area contributed by atoms with Crippen LogP contribution in [0.5, 0.6) is 0 Å². The van der Waals surface area contributed by atoms with Crippen LogP contribution in [0, 0.1) is 28.6 Å². The van der Waals surface area contributed by atoms with E-state index in [4.69, 9.17) is 5.26 Å². The molecule has 0 aromatic heterocycles. The normalized spacial score (nSPS) is 24.8. The van der Waals surface area contributed by atoms with Crippen LogP contribution in [0.25, 0.3) is 0 Å². The highest BCUT2D eigenvalue weighted by Gasteiger charge is 2.32. The van der Waals surface area contributed by atoms with Gasteiger partial charge in [-0.15, -0.1) is 0 Å². The largest absolute Gasteiger partial charge is 0.393 e. The van der Waals surface area contributed by atoms with Crippen LogP contribution in [0.2, 0.25) is 0 Å². The molecular formula is C17H31N3O2. The molecule has 0 radical (unpaired) electrons. The van der Waals surface area contributed by atoms with E-state index >= 15 is 0 Å². The fraction of sp³-hybridized carbons (Fsp3) is 0.882. The van der Waals surface area contributed by atoms with E-state index in [0.717, 1.165) is 19.4 Å². The minimum Gasteiger partial charge on any atom is -0.393 e. The minimum absolute atomic E-state index is 0.0412. The lowest BCUT2D eigenvalue weighted by Gasteiger charge is -2.39. The van der Waals surface area contributed by atoms with Gasteiger partial charge in [-0.2, -0.15) is 5.26 Å². The Bertz CT molecular complexity index is 409. The van der Waals surface area contributed by atoms with E-state index < -0.39 is 5.41 Å². The summed E-state index contributed by atoms with van der Waals surface area (Å²) in [5, 5.41) is 22.2. The zero-order chi connectivity index (χ0) is 16.9. The number of hydrogen-bond acceptors (Lipinski definition) is 4. The van der Waals surface area contributed by atoms with E-state index in [2.05, 4.69) is 16.3 Å². The molecule has 0 aliphatic carbocycles. The maximum Gasteiger partial charge on any atom is 0.225 e. The molecule has 0 aromatic rings. The summed E-state index contributed by atoms with van der Waals surface area (Å²) < 4.78 is 0. The molecule has 1 aliphatic rings. The molecule has 0 saturated carbocycles. The van der Waals surface area contributed by atoms with Crippen LogP contribution in [0.3, 0.4) is 0 Å². The summed E-state index contributed by atoms with van der Waals surface area (Å²) in [6.07, 6.45) is 1.26. The highest BCUT2D eigenvalue weighted by atomic mass is 16.3. The topological polar surface area (TPSA) is 76.4 Å². The second kappa shape index (κ2) is 7.94. The van der Waals surface area contributed by atoms with Crippen molar-refractivity contribution in [2.24, 2.45) is 17.3 Å². The molecule has 1 heterocycles. The first-order valence-electron chi connectivity index (χ1n) is 8.21. The number of carbonyl (C=O) groups excluding carboxylic acids is 1. The second-order valence-electron chi connectivity index (χ2n) is 7.92. The molecule has 1 saturated heterocycles. The Hall–Kier alpha value is -1.12. The van der Waals surface area contributed by atoms with Crippen LogP contribution in [-0.4, -0.2) is 47.7 Å². The second-order valence-corrected chi connectivity index (χ2v) is 7.92. The fourth-order valence-electron chi connectivity index (χ4n) is 2.82. The number of aliphatic hydroxyl groups excluding tert-OH is 1. The van der Waals surface area contributed by atoms with E-state index in [-0.39, 0.29) is 24.0 Å². The van der Waals surface area contributed by atoms with Gasteiger partial charge in [0.15, 0.2) is 0 Å². The zero-order valence-corrected chi connectivity index (χ0v) is 14.6. The average molecular weight is 309 g/mol. The van der Waals surface area contributed by atoms with E-state index in [1.165, 1.54) is 0 Å². The van der Waals surface area contributed by atoms with E-state index in [9.17, 15) is 9.90 Å². The number of nitrogens with one attached hydrogen (secondary N) is 1. The van der Waals surface area contributed by atoms with Crippen molar-refractivity contribution in [1.82, 2.24) is 10.2 Å². The predicted molar refractivity (Wildman–Crippen MR) is 87.0 cm³/mol. The third kappa shape index (κ3) is 5.94. The van der Waals surface area contributed by atoms with Crippen molar-refractivity contribution in [3.63, 3.8) is 0 Å². The summed E-state index contributed by atoms with van der Waals surface area (Å²) >= 11 is 0. The van der Waals surface area contributed by atoms with Crippen molar-refractivity contribution in [3.05, 3.63) is 0 Å². The van der Waals surface area contributed by atoms with E-state index in [1.807, 2.05) is 34.6 Å². The Kier molecular flexibility index (Phi) is 6.83. The van der Waals surface area contributed by atoms with Crippen molar-refractivity contribution in [2.45, 2.75) is 59.6 Å². The molecule has 126 valence electrons. The number of hydrogen-bond donors (Lipinski definition) is 2. The molecule has 1 amide bonds. The third-order valence-corrected chi connectivity index (χ3v) is 4.27. The van der Waals surface area contributed by atoms with Crippen LogP contribution in [0.4, 0.5) is 0 Å². The number of carbonyl (C=O) groups is 1. The molecule has 3 unspecified atom stereocenters. The third-order valence-electron chi connectivity index (χ3n) is 4.27. The van der Waals surface area contributed by atoms with Crippen LogP contribution in [-0.2, 0) is 4.79 Å². The smallest absolute Gasteiger partial charge is 0.225 e. The van der Waals surface area contributed by atoms with Gasteiger partial charge in [0.05, 0.1) is 18.7 Å². The van der Waals surface area contributed by atoms with Gasteiger partial charge in [0.1, 0.15) is 0 Å². The van der Waals surface area contributed by atoms with Crippen molar-refractivity contribution in [2.75, 3.05) is 19.6 Å². The number of aliphatic hydroxyl groups is 1. The number of nitrogens with zero attached hydrogens (tertiary/aromatic N) is 2. The summed E-state index contributed by atoms with van der Waals surface area (Å²) in [4.78, 5) is 14.3. The number of likely N-dealkylation sites (tertiary alicyclic amines) is 1. The van der Waals surface area contributed by atoms with Crippen molar-refractivity contribution in [3.8, 4) is 6.07 Å². The van der Waals surface area contributed by atoms with Gasteiger partial charge in [0, 0.05) is 24.5 Å². The monoisotopic (exact) mass is 309 g/mol. The first-order chi connectivity index (χ1) is 10.1. The summed E-state index contributed by atoms with van der Waals surface area (Å²) in [6, 6.07) is 2.24. The highest BCUT2D eigenvalue weighted by Crippen LogP contribution is 2.24. The van der Waals surface area contributed by atoms with Gasteiger partial charge in [-0.25, -0.2) is 0 Å². The average Bonchev–Trinajstić information content (AvgIpc) is 2.37. The molecule has 22 heavy (non-hydrogen) atoms. The number of nitriles is 1. The Balaban J connectivity index is 2.69. The van der Waals surface area contributed by atoms with Crippen LogP contribution in [0.15, 0.2) is 0 Å². The van der Waals surface area contributed by atoms with Gasteiger partial charge in [-0.1, -0.05) is 34.6 Å². The highest BCUT2D eigenvalue weighted by molar-refractivity contribution is 5.81. The lowest BCUT2D eigenvalue weighted by atomic mass is 9.86. The molecule has 1 rings (SSSR count). The Morgan fingerprint density at radius 1 is 1.41 bits per heavy atom. The molecule has 1 fully saturated rings. The van der Waals surface area contributed by atoms with Crippen molar-refractivity contribution < 1.29 is 9.90 Å². The first kappa shape index (κ1) is 18.9. The fourth-order valence-corrected chi connectivity index (χ4v) is 2.82. The van der Waals surface area contributed by atoms with Gasteiger partial charge in [0.2, 0.25) is 5.91 Å². The standard InChI is InChI=1S/C17H31N3O2/c1-12(2)15(21)9-13-8-14(11-20(10-13)7-6-18)19-16(22)17(3,4)5/h12-15,21H,7-11H2,1-5H3,(H,19,22). The molecule has 1 aliphatic heterocycles. The predicted octanol–water partition coefficient (Wildman–Crippen LogP) is 1.77. The maximum absolute atomic E-state index is 12.2. The number of piperidine rings is 1. The molecule has 0 bridgehead atoms. The molecule has 3 atom stereocenters. The van der Waals surface area contributed by atoms with Gasteiger partial charge in [-0.3, -0.25) is 9.69 Å². The molecule has 5 heteroatoms.